The first kappa shape index (κ1) is 30.3. The zero-order valence-electron chi connectivity index (χ0n) is 23.8. The number of para-hydroxylation sites is 1. The van der Waals surface area contributed by atoms with E-state index in [1.165, 1.54) is 22.3 Å². The molecule has 0 spiro atoms. The Hall–Kier alpha value is -5.21. The van der Waals surface area contributed by atoms with E-state index in [4.69, 9.17) is 20.1 Å². The fourth-order valence-corrected chi connectivity index (χ4v) is 5.04. The minimum Gasteiger partial charge on any atom is -0.475 e. The molecular weight excluding hydrogens is 569 g/mol. The Morgan fingerprint density at radius 3 is 2.25 bits per heavy atom. The molecule has 1 saturated heterocycles. The fraction of sp³-hybridized carbons (Fsp3) is 0.212. The van der Waals surface area contributed by atoms with Crippen LogP contribution in [-0.2, 0) is 11.3 Å². The van der Waals surface area contributed by atoms with E-state index in [0.717, 1.165) is 61.0 Å². The Labute approximate surface area is 252 Å². The molecule has 0 unspecified atom stereocenters. The summed E-state index contributed by atoms with van der Waals surface area (Å²) in [5.74, 6) is -0.912. The Balaban J connectivity index is 0.000000493. The molecule has 11 heteroatoms. The van der Waals surface area contributed by atoms with Gasteiger partial charge in [-0.2, -0.15) is 18.4 Å². The first-order chi connectivity index (χ1) is 21.1. The third kappa shape index (κ3) is 7.22. The topological polar surface area (TPSA) is 109 Å². The van der Waals surface area contributed by atoms with Crippen molar-refractivity contribution >= 4 is 22.8 Å². The summed E-state index contributed by atoms with van der Waals surface area (Å²) in [5.41, 5.74) is 8.68. The Bertz CT molecular complexity index is 1800. The number of carboxylic acid groups (broad SMARTS) is 1. The van der Waals surface area contributed by atoms with E-state index in [0.29, 0.717) is 5.56 Å². The summed E-state index contributed by atoms with van der Waals surface area (Å²) in [6.45, 7) is 6.83. The van der Waals surface area contributed by atoms with Crippen LogP contribution in [0, 0.1) is 18.3 Å². The summed E-state index contributed by atoms with van der Waals surface area (Å²) < 4.78 is 31.7. The minimum atomic E-state index is -5.08. The Morgan fingerprint density at radius 1 is 0.955 bits per heavy atom. The number of fused-ring (bicyclic) bond motifs is 1. The number of piperazine rings is 1. The summed E-state index contributed by atoms with van der Waals surface area (Å²) in [6.07, 6.45) is -3.43. The van der Waals surface area contributed by atoms with E-state index in [-0.39, 0.29) is 0 Å². The van der Waals surface area contributed by atoms with Gasteiger partial charge in [-0.25, -0.2) is 14.8 Å². The van der Waals surface area contributed by atoms with E-state index in [1.807, 2.05) is 12.1 Å². The van der Waals surface area contributed by atoms with Crippen molar-refractivity contribution in [1.82, 2.24) is 19.9 Å². The monoisotopic (exact) mass is 598 g/mol. The lowest BCUT2D eigenvalue weighted by Crippen LogP contribution is -2.46. The predicted octanol–water partition coefficient (Wildman–Crippen LogP) is 6.43. The van der Waals surface area contributed by atoms with Crippen molar-refractivity contribution in [1.29, 1.82) is 5.26 Å². The number of aromatic nitrogens is 3. The number of hydrogen-bond acceptors (Lipinski definition) is 6. The number of nitrogens with zero attached hydrogens (tertiary/aromatic N) is 5. The molecule has 0 amide bonds. The van der Waals surface area contributed by atoms with Crippen LogP contribution in [0.15, 0.2) is 85.1 Å². The van der Waals surface area contributed by atoms with Gasteiger partial charge in [0.25, 0.3) is 0 Å². The van der Waals surface area contributed by atoms with Gasteiger partial charge in [0.15, 0.2) is 0 Å². The van der Waals surface area contributed by atoms with Gasteiger partial charge in [0.1, 0.15) is 17.7 Å². The third-order valence-electron chi connectivity index (χ3n) is 7.33. The molecular formula is C33H29F3N6O2. The van der Waals surface area contributed by atoms with E-state index in [1.54, 1.807) is 6.20 Å². The number of carboxylic acids is 1. The number of aromatic amines is 1. The SMILES string of the molecule is Cc1cccc2[nH]c(-c3cccc(-c4cccc(CN5CCN(c6ccc(C#N)cn6)CC5)c4)c3)nc12.O=C(O)C(F)(F)F. The molecule has 0 saturated carbocycles. The van der Waals surface area contributed by atoms with Gasteiger partial charge < -0.3 is 15.0 Å². The van der Waals surface area contributed by atoms with E-state index in [2.05, 4.69) is 99.5 Å². The summed E-state index contributed by atoms with van der Waals surface area (Å²) in [6, 6.07) is 29.6. The largest absolute Gasteiger partial charge is 0.490 e. The average Bonchev–Trinajstić information content (AvgIpc) is 3.48. The normalized spacial score (nSPS) is 13.7. The highest BCUT2D eigenvalue weighted by atomic mass is 19.4. The number of rotatable bonds is 5. The van der Waals surface area contributed by atoms with Crippen molar-refractivity contribution in [3.8, 4) is 28.6 Å². The smallest absolute Gasteiger partial charge is 0.475 e. The van der Waals surface area contributed by atoms with E-state index in [9.17, 15) is 13.2 Å². The number of anilines is 1. The lowest BCUT2D eigenvalue weighted by atomic mass is 10.0. The van der Waals surface area contributed by atoms with Crippen molar-refractivity contribution in [3.63, 3.8) is 0 Å². The number of nitriles is 1. The molecule has 0 atom stereocenters. The second-order valence-electron chi connectivity index (χ2n) is 10.4. The van der Waals surface area contributed by atoms with Crippen LogP contribution < -0.4 is 4.90 Å². The van der Waals surface area contributed by atoms with Gasteiger partial charge in [-0.1, -0.05) is 48.5 Å². The van der Waals surface area contributed by atoms with Crippen molar-refractivity contribution in [3.05, 3.63) is 102 Å². The molecule has 3 aromatic carbocycles. The van der Waals surface area contributed by atoms with Gasteiger partial charge in [0, 0.05) is 44.5 Å². The molecule has 0 bridgehead atoms. The highest BCUT2D eigenvalue weighted by Gasteiger charge is 2.38. The second kappa shape index (κ2) is 13.0. The fourth-order valence-electron chi connectivity index (χ4n) is 5.04. The number of aryl methyl sites for hydroxylation is 1. The molecule has 0 aliphatic carbocycles. The predicted molar refractivity (Wildman–Crippen MR) is 162 cm³/mol. The summed E-state index contributed by atoms with van der Waals surface area (Å²) in [5, 5.41) is 16.1. The number of carbonyl (C=O) groups is 1. The maximum Gasteiger partial charge on any atom is 0.490 e. The van der Waals surface area contributed by atoms with Crippen molar-refractivity contribution < 1.29 is 23.1 Å². The van der Waals surface area contributed by atoms with Crippen LogP contribution in [0.5, 0.6) is 0 Å². The quantitative estimate of drug-likeness (QED) is 0.240. The average molecular weight is 599 g/mol. The molecule has 8 nitrogen and oxygen atoms in total. The number of alkyl halides is 3. The van der Waals surface area contributed by atoms with Crippen molar-refractivity contribution in [2.45, 2.75) is 19.6 Å². The Morgan fingerprint density at radius 2 is 1.61 bits per heavy atom. The minimum absolute atomic E-state index is 0.598. The summed E-state index contributed by atoms with van der Waals surface area (Å²) in [7, 11) is 0. The van der Waals surface area contributed by atoms with Gasteiger partial charge in [0.05, 0.1) is 16.6 Å². The highest BCUT2D eigenvalue weighted by molar-refractivity contribution is 5.83. The van der Waals surface area contributed by atoms with Gasteiger partial charge in [-0.3, -0.25) is 4.90 Å². The number of H-pyrrole nitrogens is 1. The molecule has 0 radical (unpaired) electrons. The summed E-state index contributed by atoms with van der Waals surface area (Å²) in [4.78, 5) is 26.5. The van der Waals surface area contributed by atoms with Crippen molar-refractivity contribution in [2.24, 2.45) is 0 Å². The Kier molecular flexibility index (Phi) is 8.92. The summed E-state index contributed by atoms with van der Waals surface area (Å²) >= 11 is 0. The molecule has 224 valence electrons. The van der Waals surface area contributed by atoms with Gasteiger partial charge >= 0.3 is 12.1 Å². The molecule has 1 aliphatic rings. The molecule has 1 fully saturated rings. The maximum atomic E-state index is 10.6. The maximum absolute atomic E-state index is 10.6. The third-order valence-corrected chi connectivity index (χ3v) is 7.33. The molecule has 2 N–H and O–H groups in total. The molecule has 5 aromatic rings. The highest BCUT2D eigenvalue weighted by Crippen LogP contribution is 2.28. The number of aliphatic carboxylic acids is 1. The van der Waals surface area contributed by atoms with E-state index < -0.39 is 12.1 Å². The van der Waals surface area contributed by atoms with Gasteiger partial charge in [-0.05, 0) is 59.5 Å². The molecule has 1 aliphatic heterocycles. The number of nitrogens with one attached hydrogen (secondary N) is 1. The van der Waals surface area contributed by atoms with Crippen LogP contribution in [0.25, 0.3) is 33.5 Å². The van der Waals surface area contributed by atoms with E-state index >= 15 is 0 Å². The number of pyridine rings is 1. The second-order valence-corrected chi connectivity index (χ2v) is 10.4. The zero-order chi connectivity index (χ0) is 31.3. The number of benzene rings is 3. The first-order valence-electron chi connectivity index (χ1n) is 13.9. The number of hydrogen-bond donors (Lipinski definition) is 2. The zero-order valence-corrected chi connectivity index (χ0v) is 23.8. The molecule has 2 aromatic heterocycles. The molecule has 3 heterocycles. The number of halogens is 3. The van der Waals surface area contributed by atoms with Crippen LogP contribution in [0.3, 0.4) is 0 Å². The van der Waals surface area contributed by atoms with Crippen LogP contribution >= 0.6 is 0 Å². The lowest BCUT2D eigenvalue weighted by molar-refractivity contribution is -0.192. The molecule has 44 heavy (non-hydrogen) atoms. The van der Waals surface area contributed by atoms with Crippen LogP contribution in [0.1, 0.15) is 16.7 Å². The van der Waals surface area contributed by atoms with Crippen LogP contribution in [-0.4, -0.2) is 63.3 Å². The number of imidazole rings is 1. The molecule has 6 rings (SSSR count). The van der Waals surface area contributed by atoms with Crippen molar-refractivity contribution in [2.75, 3.05) is 31.1 Å². The van der Waals surface area contributed by atoms with Crippen LogP contribution in [0.2, 0.25) is 0 Å². The van der Waals surface area contributed by atoms with Gasteiger partial charge in [-0.15, -0.1) is 0 Å². The first-order valence-corrected chi connectivity index (χ1v) is 13.9. The standard InChI is InChI=1S/C31H28N6.C2HF3O2/c1-22-5-2-10-28-30(22)35-31(34-28)27-9-4-8-26(18-27)25-7-3-6-23(17-25)21-36-13-15-37(16-14-36)29-12-11-24(19-32)20-33-29;3-2(4,5)1(6)7/h2-12,17-18,20H,13-16,21H2,1H3,(H,34,35);(H,6,7). The lowest BCUT2D eigenvalue weighted by Gasteiger charge is -2.35. The van der Waals surface area contributed by atoms with Gasteiger partial charge in [0.2, 0.25) is 0 Å². The van der Waals surface area contributed by atoms with Crippen LogP contribution in [0.4, 0.5) is 19.0 Å².